The number of aryl methyl sites for hydroxylation is 1. The highest BCUT2D eigenvalue weighted by Gasteiger charge is 2.30. The number of hydrogen-bond acceptors (Lipinski definition) is 5. The number of nitrogens with one attached hydrogen (secondary N) is 1. The van der Waals surface area contributed by atoms with Crippen molar-refractivity contribution < 1.29 is 17.9 Å². The molecule has 5 nitrogen and oxygen atoms in total. The third-order valence-corrected chi connectivity index (χ3v) is 3.72. The van der Waals surface area contributed by atoms with Crippen molar-refractivity contribution in [3.8, 4) is 28.1 Å². The molecule has 1 aromatic carbocycles. The minimum Gasteiger partial charge on any atom is -0.406 e. The van der Waals surface area contributed by atoms with E-state index < -0.39 is 6.36 Å². The van der Waals surface area contributed by atoms with Crippen LogP contribution in [0.2, 0.25) is 0 Å². The van der Waals surface area contributed by atoms with E-state index in [4.69, 9.17) is 0 Å². The molecule has 0 aliphatic heterocycles. The number of rotatable bonds is 6. The van der Waals surface area contributed by atoms with E-state index in [2.05, 4.69) is 31.6 Å². The van der Waals surface area contributed by atoms with Gasteiger partial charge in [0, 0.05) is 36.1 Å². The van der Waals surface area contributed by atoms with Crippen LogP contribution in [0.15, 0.2) is 61.4 Å². The zero-order valence-electron chi connectivity index (χ0n) is 15.0. The molecule has 0 aliphatic rings. The van der Waals surface area contributed by atoms with Crippen LogP contribution in [0.1, 0.15) is 5.82 Å². The van der Waals surface area contributed by atoms with E-state index in [1.807, 2.05) is 6.07 Å². The number of halogens is 3. The second-order valence-corrected chi connectivity index (χ2v) is 5.89. The van der Waals surface area contributed by atoms with Crippen LogP contribution < -0.4 is 10.1 Å². The summed E-state index contributed by atoms with van der Waals surface area (Å²) in [6.45, 7) is 6.02. The monoisotopic (exact) mass is 386 g/mol. The summed E-state index contributed by atoms with van der Waals surface area (Å²) in [7, 11) is 0. The van der Waals surface area contributed by atoms with Crippen LogP contribution >= 0.6 is 0 Å². The van der Waals surface area contributed by atoms with Crippen LogP contribution in [-0.2, 0) is 0 Å². The van der Waals surface area contributed by atoms with Gasteiger partial charge in [-0.2, -0.15) is 0 Å². The highest BCUT2D eigenvalue weighted by Crippen LogP contribution is 2.28. The second kappa shape index (κ2) is 8.08. The largest absolute Gasteiger partial charge is 0.573 e. The van der Waals surface area contributed by atoms with Crippen molar-refractivity contribution in [3.05, 3.63) is 67.3 Å². The molecule has 0 radical (unpaired) electrons. The van der Waals surface area contributed by atoms with Crippen molar-refractivity contribution in [2.75, 3.05) is 11.9 Å². The number of hydrogen-bond donors (Lipinski definition) is 1. The van der Waals surface area contributed by atoms with Crippen molar-refractivity contribution in [1.82, 2.24) is 15.0 Å². The van der Waals surface area contributed by atoms with E-state index in [1.165, 1.54) is 12.1 Å². The smallest absolute Gasteiger partial charge is 0.406 e. The van der Waals surface area contributed by atoms with Gasteiger partial charge in [0.15, 0.2) is 0 Å². The highest BCUT2D eigenvalue weighted by molar-refractivity contribution is 5.71. The Hall–Kier alpha value is -3.42. The van der Waals surface area contributed by atoms with Crippen LogP contribution in [-0.4, -0.2) is 27.9 Å². The lowest BCUT2D eigenvalue weighted by Crippen LogP contribution is -2.16. The van der Waals surface area contributed by atoms with Crippen molar-refractivity contribution in [2.24, 2.45) is 0 Å². The maximum Gasteiger partial charge on any atom is 0.573 e. The Morgan fingerprint density at radius 1 is 1.04 bits per heavy atom. The van der Waals surface area contributed by atoms with Gasteiger partial charge in [-0.15, -0.1) is 19.8 Å². The first kappa shape index (κ1) is 19.3. The second-order valence-electron chi connectivity index (χ2n) is 5.89. The van der Waals surface area contributed by atoms with Crippen molar-refractivity contribution in [1.29, 1.82) is 0 Å². The lowest BCUT2D eigenvalue weighted by Gasteiger charge is -2.10. The standard InChI is InChI=1S/C20H17F3N4O/c1-3-8-25-19-10-18(26-13(2)27-19)16-9-15(11-24-12-16)14-4-6-17(7-5-14)28-20(21,22)23/h3-7,9-12H,1,8H2,2H3,(H,25,26,27). The Morgan fingerprint density at radius 2 is 1.75 bits per heavy atom. The van der Waals surface area contributed by atoms with Gasteiger partial charge in [-0.1, -0.05) is 18.2 Å². The molecule has 2 heterocycles. The average molecular weight is 386 g/mol. The molecule has 2 aromatic heterocycles. The molecule has 0 amide bonds. The molecule has 0 aliphatic carbocycles. The maximum atomic E-state index is 12.3. The quantitative estimate of drug-likeness (QED) is 0.604. The summed E-state index contributed by atoms with van der Waals surface area (Å²) in [5.74, 6) is 0.995. The Kier molecular flexibility index (Phi) is 5.58. The molecule has 0 bridgehead atoms. The van der Waals surface area contributed by atoms with Crippen molar-refractivity contribution in [2.45, 2.75) is 13.3 Å². The van der Waals surface area contributed by atoms with Crippen molar-refractivity contribution in [3.63, 3.8) is 0 Å². The van der Waals surface area contributed by atoms with Gasteiger partial charge in [-0.3, -0.25) is 4.98 Å². The van der Waals surface area contributed by atoms with Gasteiger partial charge >= 0.3 is 6.36 Å². The summed E-state index contributed by atoms with van der Waals surface area (Å²) in [6.07, 6.45) is 0.314. The first-order chi connectivity index (χ1) is 13.3. The zero-order chi connectivity index (χ0) is 20.1. The van der Waals surface area contributed by atoms with E-state index in [1.54, 1.807) is 43.6 Å². The van der Waals surface area contributed by atoms with Gasteiger partial charge in [0.25, 0.3) is 0 Å². The fraction of sp³-hybridized carbons (Fsp3) is 0.150. The lowest BCUT2D eigenvalue weighted by atomic mass is 10.0. The molecule has 3 rings (SSSR count). The SMILES string of the molecule is C=CCNc1cc(-c2cncc(-c3ccc(OC(F)(F)F)cc3)c2)nc(C)n1. The topological polar surface area (TPSA) is 59.9 Å². The lowest BCUT2D eigenvalue weighted by molar-refractivity contribution is -0.274. The Morgan fingerprint density at radius 3 is 2.43 bits per heavy atom. The molecule has 0 spiro atoms. The van der Waals surface area contributed by atoms with Gasteiger partial charge in [-0.05, 0) is 30.7 Å². The van der Waals surface area contributed by atoms with Crippen LogP contribution in [0.4, 0.5) is 19.0 Å². The minimum atomic E-state index is -4.72. The molecular formula is C20H17F3N4O. The molecule has 8 heteroatoms. The van der Waals surface area contributed by atoms with Crippen LogP contribution in [0, 0.1) is 6.92 Å². The number of alkyl halides is 3. The fourth-order valence-electron chi connectivity index (χ4n) is 2.57. The molecule has 0 unspecified atom stereocenters. The fourth-order valence-corrected chi connectivity index (χ4v) is 2.57. The molecule has 0 fully saturated rings. The molecule has 1 N–H and O–H groups in total. The summed E-state index contributed by atoms with van der Waals surface area (Å²) < 4.78 is 40.8. The normalized spacial score (nSPS) is 11.1. The molecule has 0 saturated heterocycles. The van der Waals surface area contributed by atoms with E-state index in [9.17, 15) is 13.2 Å². The number of anilines is 1. The van der Waals surface area contributed by atoms with E-state index in [-0.39, 0.29) is 5.75 Å². The van der Waals surface area contributed by atoms with Gasteiger partial charge in [0.1, 0.15) is 17.4 Å². The summed E-state index contributed by atoms with van der Waals surface area (Å²) in [5, 5.41) is 3.12. The van der Waals surface area contributed by atoms with E-state index >= 15 is 0 Å². The third-order valence-electron chi connectivity index (χ3n) is 3.72. The Balaban J connectivity index is 1.88. The van der Waals surface area contributed by atoms with Gasteiger partial charge < -0.3 is 10.1 Å². The molecule has 0 atom stereocenters. The molecule has 0 saturated carbocycles. The number of pyridine rings is 1. The van der Waals surface area contributed by atoms with Crippen LogP contribution in [0.3, 0.4) is 0 Å². The predicted octanol–water partition coefficient (Wildman–Crippen LogP) is 5.01. The molecule has 144 valence electrons. The number of benzene rings is 1. The summed E-state index contributed by atoms with van der Waals surface area (Å²) in [5.41, 5.74) is 2.90. The zero-order valence-corrected chi connectivity index (χ0v) is 15.0. The maximum absolute atomic E-state index is 12.3. The van der Waals surface area contributed by atoms with Crippen molar-refractivity contribution >= 4 is 5.82 Å². The van der Waals surface area contributed by atoms with E-state index in [0.29, 0.717) is 29.4 Å². The van der Waals surface area contributed by atoms with E-state index in [0.717, 1.165) is 11.1 Å². The number of aromatic nitrogens is 3. The average Bonchev–Trinajstić information content (AvgIpc) is 2.65. The van der Waals surface area contributed by atoms with Gasteiger partial charge in [-0.25, -0.2) is 9.97 Å². The predicted molar refractivity (Wildman–Crippen MR) is 101 cm³/mol. The number of nitrogens with zero attached hydrogens (tertiary/aromatic N) is 3. The molecule has 3 aromatic rings. The molecular weight excluding hydrogens is 369 g/mol. The summed E-state index contributed by atoms with van der Waals surface area (Å²) >= 11 is 0. The summed E-state index contributed by atoms with van der Waals surface area (Å²) in [4.78, 5) is 13.0. The first-order valence-corrected chi connectivity index (χ1v) is 8.36. The highest BCUT2D eigenvalue weighted by atomic mass is 19.4. The van der Waals surface area contributed by atoms with Gasteiger partial charge in [0.2, 0.25) is 0 Å². The van der Waals surface area contributed by atoms with Crippen LogP contribution in [0.5, 0.6) is 5.75 Å². The molecule has 28 heavy (non-hydrogen) atoms. The van der Waals surface area contributed by atoms with Gasteiger partial charge in [0.05, 0.1) is 5.69 Å². The Bertz CT molecular complexity index is 972. The Labute approximate surface area is 159 Å². The first-order valence-electron chi connectivity index (χ1n) is 8.36. The minimum absolute atomic E-state index is 0.273. The summed E-state index contributed by atoms with van der Waals surface area (Å²) in [6, 6.07) is 9.29. The third kappa shape index (κ3) is 5.06. The van der Waals surface area contributed by atoms with Crippen LogP contribution in [0.25, 0.3) is 22.4 Å². The number of ether oxygens (including phenoxy) is 1.